The first-order valence-corrected chi connectivity index (χ1v) is 8.50. The van der Waals surface area contributed by atoms with Crippen LogP contribution in [0.25, 0.3) is 11.0 Å². The molecule has 0 spiro atoms. The van der Waals surface area contributed by atoms with E-state index in [1.807, 2.05) is 13.8 Å². The van der Waals surface area contributed by atoms with Gasteiger partial charge < -0.3 is 39.8 Å². The fourth-order valence-electron chi connectivity index (χ4n) is 3.23. The Balaban J connectivity index is 2.19. The van der Waals surface area contributed by atoms with Crippen LogP contribution in [0.2, 0.25) is 0 Å². The first kappa shape index (κ1) is 19.6. The quantitative estimate of drug-likeness (QED) is 0.424. The van der Waals surface area contributed by atoms with Crippen LogP contribution in [0.15, 0.2) is 21.3 Å². The van der Waals surface area contributed by atoms with Crippen molar-refractivity contribution in [3.8, 4) is 11.5 Å². The molecule has 1 aromatic carbocycles. The standard InChI is InChI=1S/C18H22O9/c1-6(2)9-3-7(20)12-10(26-9)4-8(21)13(15(12)23)18-17(25)16(24)14(22)11(5-19)27-18/h3-4,6,11,14,16-19,21-25H,5H2,1-2H3/t11-,14-,16+,17-,18+/m1/s1. The number of ether oxygens (including phenoxy) is 1. The number of fused-ring (bicyclic) bond motifs is 1. The van der Waals surface area contributed by atoms with Crippen LogP contribution in [0, 0.1) is 0 Å². The van der Waals surface area contributed by atoms with Crippen LogP contribution < -0.4 is 5.43 Å². The maximum atomic E-state index is 12.5. The molecule has 9 heteroatoms. The lowest BCUT2D eigenvalue weighted by molar-refractivity contribution is -0.232. The van der Waals surface area contributed by atoms with E-state index in [-0.39, 0.29) is 22.5 Å². The predicted molar refractivity (Wildman–Crippen MR) is 92.6 cm³/mol. The van der Waals surface area contributed by atoms with E-state index in [1.165, 1.54) is 6.07 Å². The number of phenols is 2. The van der Waals surface area contributed by atoms with Crippen molar-refractivity contribution in [2.45, 2.75) is 50.3 Å². The molecule has 0 radical (unpaired) electrons. The topological polar surface area (TPSA) is 161 Å². The Morgan fingerprint density at radius 3 is 2.33 bits per heavy atom. The van der Waals surface area contributed by atoms with E-state index in [4.69, 9.17) is 9.15 Å². The van der Waals surface area contributed by atoms with E-state index in [0.717, 1.165) is 6.07 Å². The molecule has 3 rings (SSSR count). The van der Waals surface area contributed by atoms with Crippen LogP contribution in [-0.2, 0) is 4.74 Å². The SMILES string of the molecule is CC(C)c1cc(=O)c2c(O)c([C@@H]3O[C@H](CO)[C@@H](O)[C@H](O)[C@H]3O)c(O)cc2o1. The fraction of sp³-hybridized carbons (Fsp3) is 0.500. The molecule has 0 bridgehead atoms. The molecule has 2 aromatic rings. The number of rotatable bonds is 3. The summed E-state index contributed by atoms with van der Waals surface area (Å²) in [6.45, 7) is 2.95. The fourth-order valence-corrected chi connectivity index (χ4v) is 3.23. The molecule has 5 atom stereocenters. The van der Waals surface area contributed by atoms with Crippen molar-refractivity contribution in [3.63, 3.8) is 0 Å². The Kier molecular flexibility index (Phi) is 5.15. The maximum Gasteiger partial charge on any atom is 0.196 e. The molecule has 0 aliphatic carbocycles. The van der Waals surface area contributed by atoms with E-state index >= 15 is 0 Å². The lowest BCUT2D eigenvalue weighted by Gasteiger charge is -2.40. The third-order valence-corrected chi connectivity index (χ3v) is 4.78. The van der Waals surface area contributed by atoms with Gasteiger partial charge in [-0.05, 0) is 0 Å². The van der Waals surface area contributed by atoms with Crippen LogP contribution in [-0.4, -0.2) is 61.7 Å². The highest BCUT2D eigenvalue weighted by molar-refractivity contribution is 5.87. The largest absolute Gasteiger partial charge is 0.507 e. The second-order valence-electron chi connectivity index (χ2n) is 6.95. The summed E-state index contributed by atoms with van der Waals surface area (Å²) in [6, 6.07) is 2.33. The van der Waals surface area contributed by atoms with Crippen molar-refractivity contribution in [1.82, 2.24) is 0 Å². The minimum Gasteiger partial charge on any atom is -0.507 e. The number of aliphatic hydroxyl groups is 4. The summed E-state index contributed by atoms with van der Waals surface area (Å²) in [7, 11) is 0. The number of hydrogen-bond acceptors (Lipinski definition) is 9. The van der Waals surface area contributed by atoms with Gasteiger partial charge in [0.1, 0.15) is 58.7 Å². The van der Waals surface area contributed by atoms with Gasteiger partial charge in [-0.25, -0.2) is 0 Å². The third kappa shape index (κ3) is 3.17. The minimum absolute atomic E-state index is 0.0467. The molecule has 1 aliphatic heterocycles. The van der Waals surface area contributed by atoms with Gasteiger partial charge in [0.2, 0.25) is 0 Å². The summed E-state index contributed by atoms with van der Waals surface area (Å²) in [5.74, 6) is -0.935. The number of phenolic OH excluding ortho intramolecular Hbond substituents is 2. The number of benzene rings is 1. The van der Waals surface area contributed by atoms with Crippen LogP contribution in [0.4, 0.5) is 0 Å². The Hall–Kier alpha value is -2.17. The van der Waals surface area contributed by atoms with Gasteiger partial charge in [-0.3, -0.25) is 4.79 Å². The molecule has 0 amide bonds. The van der Waals surface area contributed by atoms with E-state index in [2.05, 4.69) is 0 Å². The van der Waals surface area contributed by atoms with Gasteiger partial charge >= 0.3 is 0 Å². The highest BCUT2D eigenvalue weighted by Crippen LogP contribution is 2.44. The molecule has 9 nitrogen and oxygen atoms in total. The monoisotopic (exact) mass is 382 g/mol. The third-order valence-electron chi connectivity index (χ3n) is 4.78. The molecular weight excluding hydrogens is 360 g/mol. The Morgan fingerprint density at radius 2 is 1.74 bits per heavy atom. The molecular formula is C18H22O9. The van der Waals surface area contributed by atoms with E-state index in [1.54, 1.807) is 0 Å². The van der Waals surface area contributed by atoms with Gasteiger partial charge in [-0.15, -0.1) is 0 Å². The molecule has 148 valence electrons. The molecule has 27 heavy (non-hydrogen) atoms. The highest BCUT2D eigenvalue weighted by atomic mass is 16.5. The van der Waals surface area contributed by atoms with Crippen LogP contribution >= 0.6 is 0 Å². The van der Waals surface area contributed by atoms with Crippen molar-refractivity contribution in [1.29, 1.82) is 0 Å². The molecule has 1 aromatic heterocycles. The molecule has 1 fully saturated rings. The zero-order valence-electron chi connectivity index (χ0n) is 14.7. The van der Waals surface area contributed by atoms with Crippen LogP contribution in [0.5, 0.6) is 11.5 Å². The summed E-state index contributed by atoms with van der Waals surface area (Å²) in [4.78, 5) is 12.5. The van der Waals surface area contributed by atoms with E-state index in [9.17, 15) is 35.4 Å². The zero-order valence-corrected chi connectivity index (χ0v) is 14.7. The zero-order chi connectivity index (χ0) is 20.0. The molecule has 1 saturated heterocycles. The van der Waals surface area contributed by atoms with E-state index in [0.29, 0.717) is 5.76 Å². The Morgan fingerprint density at radius 1 is 1.07 bits per heavy atom. The summed E-state index contributed by atoms with van der Waals surface area (Å²) in [6.07, 6.45) is -7.74. The maximum absolute atomic E-state index is 12.5. The Labute approximate surface area is 153 Å². The first-order valence-electron chi connectivity index (χ1n) is 8.50. The lowest BCUT2D eigenvalue weighted by Crippen LogP contribution is -2.55. The minimum atomic E-state index is -1.72. The summed E-state index contributed by atoms with van der Waals surface area (Å²) in [5.41, 5.74) is -0.943. The van der Waals surface area contributed by atoms with Crippen molar-refractivity contribution >= 4 is 11.0 Å². The van der Waals surface area contributed by atoms with Gasteiger partial charge in [0.25, 0.3) is 0 Å². The van der Waals surface area contributed by atoms with Crippen molar-refractivity contribution in [3.05, 3.63) is 33.7 Å². The number of aromatic hydroxyl groups is 2. The van der Waals surface area contributed by atoms with Crippen molar-refractivity contribution in [2.75, 3.05) is 6.61 Å². The molecule has 0 unspecified atom stereocenters. The van der Waals surface area contributed by atoms with Crippen LogP contribution in [0.3, 0.4) is 0 Å². The average molecular weight is 382 g/mol. The second kappa shape index (κ2) is 7.10. The van der Waals surface area contributed by atoms with Gasteiger partial charge in [0.05, 0.1) is 12.2 Å². The van der Waals surface area contributed by atoms with Gasteiger partial charge in [-0.2, -0.15) is 0 Å². The summed E-state index contributed by atoms with van der Waals surface area (Å²) >= 11 is 0. The summed E-state index contributed by atoms with van der Waals surface area (Å²) in [5, 5.41) is 60.1. The number of hydrogen-bond donors (Lipinski definition) is 6. The average Bonchev–Trinajstić information content (AvgIpc) is 2.60. The molecule has 1 aliphatic rings. The normalized spacial score (nSPS) is 28.8. The molecule has 2 heterocycles. The van der Waals surface area contributed by atoms with Gasteiger partial charge in [0.15, 0.2) is 5.43 Å². The van der Waals surface area contributed by atoms with Crippen molar-refractivity contribution < 1.29 is 39.8 Å². The van der Waals surface area contributed by atoms with Gasteiger partial charge in [-0.1, -0.05) is 13.8 Å². The molecule has 6 N–H and O–H groups in total. The number of aliphatic hydroxyl groups excluding tert-OH is 4. The summed E-state index contributed by atoms with van der Waals surface area (Å²) < 4.78 is 10.9. The Bertz CT molecular complexity index is 902. The first-order chi connectivity index (χ1) is 12.7. The predicted octanol–water partition coefficient (Wildman–Crippen LogP) is -0.158. The van der Waals surface area contributed by atoms with Crippen LogP contribution in [0.1, 0.15) is 37.2 Å². The van der Waals surface area contributed by atoms with E-state index < -0.39 is 54.1 Å². The van der Waals surface area contributed by atoms with Crippen molar-refractivity contribution in [2.24, 2.45) is 0 Å². The smallest absolute Gasteiger partial charge is 0.196 e. The second-order valence-corrected chi connectivity index (χ2v) is 6.95. The lowest BCUT2D eigenvalue weighted by atomic mass is 9.89. The highest BCUT2D eigenvalue weighted by Gasteiger charge is 2.46. The van der Waals surface area contributed by atoms with Gasteiger partial charge in [0, 0.05) is 18.1 Å². The molecule has 0 saturated carbocycles.